The van der Waals surface area contributed by atoms with Crippen molar-refractivity contribution in [1.82, 2.24) is 0 Å². The number of rotatable bonds is 3. The lowest BCUT2D eigenvalue weighted by Gasteiger charge is -2.13. The number of alkyl halides is 1. The minimum atomic E-state index is -0.665. The number of methoxy groups -OCH3 is 1. The van der Waals surface area contributed by atoms with E-state index in [1.165, 1.54) is 13.2 Å². The highest BCUT2D eigenvalue weighted by molar-refractivity contribution is 6.35. The summed E-state index contributed by atoms with van der Waals surface area (Å²) in [6, 6.07) is 9.45. The molecule has 1 nitrogen and oxygen atoms in total. The molecule has 0 bridgehead atoms. The zero-order valence-corrected chi connectivity index (χ0v) is 12.2. The average molecular weight is 320 g/mol. The summed E-state index contributed by atoms with van der Waals surface area (Å²) < 4.78 is 18.9. The van der Waals surface area contributed by atoms with Crippen molar-refractivity contribution in [2.24, 2.45) is 0 Å². The summed E-state index contributed by atoms with van der Waals surface area (Å²) in [5.74, 6) is 0.00434. The maximum atomic E-state index is 13.9. The molecular formula is C14H10Cl3FO. The third kappa shape index (κ3) is 3.33. The standard InChI is InChI=1S/C14H10Cl3FO/c1-19-11-2-3-12(13(18)7-11)14(17)8-4-9(15)6-10(16)5-8/h2-7,14H,1H3. The maximum Gasteiger partial charge on any atom is 0.131 e. The lowest BCUT2D eigenvalue weighted by molar-refractivity contribution is 0.410. The van der Waals surface area contributed by atoms with E-state index in [1.807, 2.05) is 0 Å². The predicted molar refractivity (Wildman–Crippen MR) is 77.1 cm³/mol. The van der Waals surface area contributed by atoms with Crippen LogP contribution in [0.2, 0.25) is 10.0 Å². The van der Waals surface area contributed by atoms with Crippen LogP contribution in [0.3, 0.4) is 0 Å². The Balaban J connectivity index is 2.40. The van der Waals surface area contributed by atoms with Gasteiger partial charge in [-0.2, -0.15) is 0 Å². The van der Waals surface area contributed by atoms with E-state index in [0.29, 0.717) is 26.9 Å². The summed E-state index contributed by atoms with van der Waals surface area (Å²) in [6.07, 6.45) is 0. The van der Waals surface area contributed by atoms with Crippen molar-refractivity contribution in [3.05, 3.63) is 63.4 Å². The summed E-state index contributed by atoms with van der Waals surface area (Å²) in [4.78, 5) is 0. The van der Waals surface area contributed by atoms with Gasteiger partial charge in [-0.3, -0.25) is 0 Å². The van der Waals surface area contributed by atoms with Gasteiger partial charge in [0.2, 0.25) is 0 Å². The second-order valence-electron chi connectivity index (χ2n) is 3.95. The zero-order valence-electron chi connectivity index (χ0n) is 9.96. The van der Waals surface area contributed by atoms with Crippen LogP contribution in [0.15, 0.2) is 36.4 Å². The van der Waals surface area contributed by atoms with Gasteiger partial charge in [-0.25, -0.2) is 4.39 Å². The Morgan fingerprint density at radius 3 is 2.21 bits per heavy atom. The lowest BCUT2D eigenvalue weighted by atomic mass is 10.0. The summed E-state index contributed by atoms with van der Waals surface area (Å²) in [6.45, 7) is 0. The molecule has 0 saturated carbocycles. The van der Waals surface area contributed by atoms with E-state index < -0.39 is 11.2 Å². The van der Waals surface area contributed by atoms with Crippen molar-refractivity contribution in [2.45, 2.75) is 5.38 Å². The largest absolute Gasteiger partial charge is 0.497 e. The van der Waals surface area contributed by atoms with Crippen LogP contribution in [-0.2, 0) is 0 Å². The minimum Gasteiger partial charge on any atom is -0.497 e. The SMILES string of the molecule is COc1ccc(C(Cl)c2cc(Cl)cc(Cl)c2)c(F)c1. The molecule has 2 aromatic carbocycles. The molecule has 0 N–H and O–H groups in total. The van der Waals surface area contributed by atoms with Crippen LogP contribution in [0, 0.1) is 5.82 Å². The van der Waals surface area contributed by atoms with Crippen LogP contribution in [-0.4, -0.2) is 7.11 Å². The molecule has 5 heteroatoms. The van der Waals surface area contributed by atoms with Crippen LogP contribution >= 0.6 is 34.8 Å². The Hall–Kier alpha value is -0.960. The fourth-order valence-electron chi connectivity index (χ4n) is 1.74. The molecule has 100 valence electrons. The van der Waals surface area contributed by atoms with Gasteiger partial charge in [0.05, 0.1) is 12.5 Å². The fraction of sp³-hybridized carbons (Fsp3) is 0.143. The van der Waals surface area contributed by atoms with Crippen molar-refractivity contribution in [3.8, 4) is 5.75 Å². The van der Waals surface area contributed by atoms with Gasteiger partial charge in [0.1, 0.15) is 11.6 Å². The summed E-state index contributed by atoms with van der Waals surface area (Å²) in [7, 11) is 1.48. The fourth-order valence-corrected chi connectivity index (χ4v) is 2.59. The Morgan fingerprint density at radius 2 is 1.68 bits per heavy atom. The van der Waals surface area contributed by atoms with Crippen LogP contribution in [0.4, 0.5) is 4.39 Å². The van der Waals surface area contributed by atoms with Crippen LogP contribution in [0.1, 0.15) is 16.5 Å². The van der Waals surface area contributed by atoms with Crippen molar-refractivity contribution < 1.29 is 9.13 Å². The summed E-state index contributed by atoms with van der Waals surface area (Å²) >= 11 is 18.1. The Bertz CT molecular complexity index is 581. The molecule has 0 saturated heterocycles. The van der Waals surface area contributed by atoms with Gasteiger partial charge < -0.3 is 4.74 Å². The number of hydrogen-bond donors (Lipinski definition) is 0. The average Bonchev–Trinajstić information content (AvgIpc) is 2.36. The smallest absolute Gasteiger partial charge is 0.131 e. The maximum absolute atomic E-state index is 13.9. The first-order valence-electron chi connectivity index (χ1n) is 5.44. The second-order valence-corrected chi connectivity index (χ2v) is 5.26. The first-order valence-corrected chi connectivity index (χ1v) is 6.64. The van der Waals surface area contributed by atoms with Crippen molar-refractivity contribution in [3.63, 3.8) is 0 Å². The third-order valence-electron chi connectivity index (χ3n) is 2.66. The Labute approximate surface area is 125 Å². The summed E-state index contributed by atoms with van der Waals surface area (Å²) in [5, 5.41) is 0.256. The molecule has 2 rings (SSSR count). The van der Waals surface area contributed by atoms with E-state index in [1.54, 1.807) is 30.3 Å². The van der Waals surface area contributed by atoms with E-state index in [4.69, 9.17) is 39.5 Å². The summed E-state index contributed by atoms with van der Waals surface area (Å²) in [5.41, 5.74) is 0.990. The Kier molecular flexibility index (Phi) is 4.56. The number of hydrogen-bond acceptors (Lipinski definition) is 1. The molecule has 0 amide bonds. The van der Waals surface area contributed by atoms with Gasteiger partial charge >= 0.3 is 0 Å². The van der Waals surface area contributed by atoms with Crippen LogP contribution in [0.5, 0.6) is 5.75 Å². The van der Waals surface area contributed by atoms with E-state index in [0.717, 1.165) is 0 Å². The number of benzene rings is 2. The minimum absolute atomic E-state index is 0.348. The topological polar surface area (TPSA) is 9.23 Å². The van der Waals surface area contributed by atoms with Gasteiger partial charge in [-0.15, -0.1) is 11.6 Å². The molecule has 0 spiro atoms. The quantitative estimate of drug-likeness (QED) is 0.682. The molecule has 0 aromatic heterocycles. The molecule has 0 radical (unpaired) electrons. The molecule has 0 fully saturated rings. The molecular weight excluding hydrogens is 310 g/mol. The zero-order chi connectivity index (χ0) is 14.0. The van der Waals surface area contributed by atoms with Gasteiger partial charge in [0.25, 0.3) is 0 Å². The van der Waals surface area contributed by atoms with Crippen molar-refractivity contribution in [2.75, 3.05) is 7.11 Å². The first-order chi connectivity index (χ1) is 9.01. The van der Waals surface area contributed by atoms with E-state index in [2.05, 4.69) is 0 Å². The van der Waals surface area contributed by atoms with Gasteiger partial charge in [0.15, 0.2) is 0 Å². The van der Waals surface area contributed by atoms with E-state index in [9.17, 15) is 4.39 Å². The second kappa shape index (κ2) is 6.00. The van der Waals surface area contributed by atoms with E-state index >= 15 is 0 Å². The molecule has 1 unspecified atom stereocenters. The highest BCUT2D eigenvalue weighted by Gasteiger charge is 2.17. The van der Waals surface area contributed by atoms with Gasteiger partial charge in [-0.1, -0.05) is 29.3 Å². The molecule has 0 aliphatic heterocycles. The van der Waals surface area contributed by atoms with Gasteiger partial charge in [-0.05, 0) is 29.8 Å². The molecule has 1 atom stereocenters. The molecule has 0 aliphatic carbocycles. The lowest BCUT2D eigenvalue weighted by Crippen LogP contribution is -1.98. The highest BCUT2D eigenvalue weighted by Crippen LogP contribution is 2.34. The first kappa shape index (κ1) is 14.4. The number of halogens is 4. The highest BCUT2D eigenvalue weighted by atomic mass is 35.5. The Morgan fingerprint density at radius 1 is 1.05 bits per heavy atom. The van der Waals surface area contributed by atoms with Crippen molar-refractivity contribution >= 4 is 34.8 Å². The molecule has 0 aliphatic rings. The van der Waals surface area contributed by atoms with Crippen LogP contribution < -0.4 is 4.74 Å². The monoisotopic (exact) mass is 318 g/mol. The van der Waals surface area contributed by atoms with Gasteiger partial charge in [0, 0.05) is 21.7 Å². The van der Waals surface area contributed by atoms with Crippen LogP contribution in [0.25, 0.3) is 0 Å². The third-order valence-corrected chi connectivity index (χ3v) is 3.58. The van der Waals surface area contributed by atoms with E-state index in [-0.39, 0.29) is 0 Å². The molecule has 19 heavy (non-hydrogen) atoms. The number of ether oxygens (including phenoxy) is 1. The molecule has 2 aromatic rings. The normalized spacial score (nSPS) is 12.3. The molecule has 0 heterocycles. The van der Waals surface area contributed by atoms with Crippen molar-refractivity contribution in [1.29, 1.82) is 0 Å². The predicted octanol–water partition coefficient (Wildman–Crippen LogP) is 5.47.